The van der Waals surface area contributed by atoms with Gasteiger partial charge in [-0.2, -0.15) is 5.10 Å². The first-order valence-electron chi connectivity index (χ1n) is 12.2. The van der Waals surface area contributed by atoms with Gasteiger partial charge in [0.15, 0.2) is 0 Å². The van der Waals surface area contributed by atoms with Gasteiger partial charge in [0.05, 0.1) is 27.1 Å². The molecule has 0 bridgehead atoms. The van der Waals surface area contributed by atoms with Crippen LogP contribution in [-0.2, 0) is 10.2 Å². The predicted octanol–water partition coefficient (Wildman–Crippen LogP) is 7.28. The number of hydrogen-bond acceptors (Lipinski definition) is 3. The minimum absolute atomic E-state index is 0.0564. The van der Waals surface area contributed by atoms with Crippen molar-refractivity contribution in [3.8, 4) is 5.69 Å². The lowest BCUT2D eigenvalue weighted by atomic mass is 9.92. The molecule has 1 heterocycles. The Morgan fingerprint density at radius 2 is 1.76 bits per heavy atom. The van der Waals surface area contributed by atoms with Crippen LogP contribution in [0.25, 0.3) is 5.69 Å². The summed E-state index contributed by atoms with van der Waals surface area (Å²) in [5, 5.41) is 10.9. The smallest absolute Gasteiger partial charge is 0.315 e. The molecule has 198 valence electrons. The van der Waals surface area contributed by atoms with E-state index in [0.29, 0.717) is 34.5 Å². The summed E-state index contributed by atoms with van der Waals surface area (Å²) < 4.78 is 15.7. The number of carbonyl (C=O) groups excluding carboxylic acids is 2. The average molecular weight is 548 g/mol. The molecular weight excluding hydrogens is 516 g/mol. The maximum Gasteiger partial charge on any atom is 0.322 e. The number of nitrogens with zero attached hydrogens (tertiary/aromatic N) is 3. The maximum absolute atomic E-state index is 14.1. The van der Waals surface area contributed by atoms with Crippen molar-refractivity contribution in [3.05, 3.63) is 70.1 Å². The van der Waals surface area contributed by atoms with Crippen LogP contribution in [0.2, 0.25) is 10.0 Å². The van der Waals surface area contributed by atoms with Gasteiger partial charge in [-0.25, -0.2) is 13.9 Å². The molecule has 0 saturated heterocycles. The zero-order valence-electron chi connectivity index (χ0n) is 21.4. The van der Waals surface area contributed by atoms with E-state index in [0.717, 1.165) is 18.5 Å². The van der Waals surface area contributed by atoms with E-state index in [2.05, 4.69) is 15.7 Å². The predicted molar refractivity (Wildman–Crippen MR) is 147 cm³/mol. The van der Waals surface area contributed by atoms with Gasteiger partial charge in [-0.05, 0) is 36.8 Å². The topological polar surface area (TPSA) is 79.3 Å². The van der Waals surface area contributed by atoms with Crippen LogP contribution in [0.1, 0.15) is 52.7 Å². The summed E-state index contributed by atoms with van der Waals surface area (Å²) >= 11 is 12.3. The normalized spacial score (nSPS) is 11.3. The summed E-state index contributed by atoms with van der Waals surface area (Å²) in [5.74, 6) is -0.535. The first-order valence-corrected chi connectivity index (χ1v) is 12.9. The highest BCUT2D eigenvalue weighted by atomic mass is 35.5. The summed E-state index contributed by atoms with van der Waals surface area (Å²) in [6, 6.07) is 12.2. The van der Waals surface area contributed by atoms with Gasteiger partial charge < -0.3 is 15.5 Å². The lowest BCUT2D eigenvalue weighted by Gasteiger charge is -2.23. The Labute approximate surface area is 226 Å². The van der Waals surface area contributed by atoms with Crippen LogP contribution in [0.15, 0.2) is 48.5 Å². The zero-order valence-corrected chi connectivity index (χ0v) is 23.0. The molecule has 0 spiro atoms. The Kier molecular flexibility index (Phi) is 9.56. The van der Waals surface area contributed by atoms with E-state index >= 15 is 0 Å². The first kappa shape index (κ1) is 28.5. The van der Waals surface area contributed by atoms with Crippen molar-refractivity contribution in [3.63, 3.8) is 0 Å². The van der Waals surface area contributed by atoms with E-state index in [-0.39, 0.29) is 17.6 Å². The number of nitrogens with one attached hydrogen (secondary N) is 2. The number of amides is 3. The van der Waals surface area contributed by atoms with Gasteiger partial charge >= 0.3 is 6.03 Å². The second-order valence-electron chi connectivity index (χ2n) is 9.76. The molecule has 2 N–H and O–H groups in total. The van der Waals surface area contributed by atoms with Crippen molar-refractivity contribution >= 4 is 46.6 Å². The average Bonchev–Trinajstić information content (AvgIpc) is 3.26. The Hall–Kier alpha value is -3.10. The largest absolute Gasteiger partial charge is 0.322 e. The number of urea groups is 1. The molecule has 0 aliphatic rings. The molecule has 3 amide bonds. The Morgan fingerprint density at radius 3 is 2.41 bits per heavy atom. The van der Waals surface area contributed by atoms with Crippen molar-refractivity contribution in [2.75, 3.05) is 23.7 Å². The third-order valence-corrected chi connectivity index (χ3v) is 6.40. The van der Waals surface area contributed by atoms with Gasteiger partial charge in [-0.15, -0.1) is 0 Å². The van der Waals surface area contributed by atoms with Crippen molar-refractivity contribution in [2.45, 2.75) is 52.4 Å². The minimum Gasteiger partial charge on any atom is -0.315 e. The van der Waals surface area contributed by atoms with E-state index in [1.807, 2.05) is 27.7 Å². The first-order chi connectivity index (χ1) is 17.5. The van der Waals surface area contributed by atoms with Gasteiger partial charge in [-0.1, -0.05) is 75.9 Å². The van der Waals surface area contributed by atoms with E-state index in [9.17, 15) is 14.0 Å². The van der Waals surface area contributed by atoms with Crippen LogP contribution < -0.4 is 10.6 Å². The third-order valence-electron chi connectivity index (χ3n) is 5.66. The summed E-state index contributed by atoms with van der Waals surface area (Å²) in [7, 11) is 0. The molecule has 0 unspecified atom stereocenters. The summed E-state index contributed by atoms with van der Waals surface area (Å²) in [6.45, 7) is 8.23. The number of anilines is 2. The van der Waals surface area contributed by atoms with E-state index < -0.39 is 17.8 Å². The van der Waals surface area contributed by atoms with Gasteiger partial charge in [-0.3, -0.25) is 4.79 Å². The highest BCUT2D eigenvalue weighted by Gasteiger charge is 2.23. The summed E-state index contributed by atoms with van der Waals surface area (Å²) in [5.41, 5.74) is 1.15. The number of rotatable bonds is 9. The fourth-order valence-corrected chi connectivity index (χ4v) is 3.86. The van der Waals surface area contributed by atoms with Crippen molar-refractivity contribution in [1.82, 2.24) is 14.7 Å². The standard InChI is InChI=1S/C27H32Cl2FN5O2/c1-5-6-9-14-34(26(37)31-22-11-8-7-10-21(22)30)17-25(36)32-24-16-23(27(2,3)4)33-35(24)18-12-13-19(28)20(29)15-18/h7-8,10-13,15-16H,5-6,9,14,17H2,1-4H3,(H,31,37)(H,32,36). The van der Waals surface area contributed by atoms with E-state index in [1.54, 1.807) is 41.1 Å². The van der Waals surface area contributed by atoms with Crippen LogP contribution in [0.3, 0.4) is 0 Å². The number of para-hydroxylation sites is 1. The second kappa shape index (κ2) is 12.4. The van der Waals surface area contributed by atoms with E-state index in [1.165, 1.54) is 17.0 Å². The zero-order chi connectivity index (χ0) is 27.2. The summed E-state index contributed by atoms with van der Waals surface area (Å²) in [4.78, 5) is 27.5. The highest BCUT2D eigenvalue weighted by Crippen LogP contribution is 2.29. The number of aromatic nitrogens is 2. The lowest BCUT2D eigenvalue weighted by Crippen LogP contribution is -2.41. The molecule has 0 fully saturated rings. The highest BCUT2D eigenvalue weighted by molar-refractivity contribution is 6.42. The number of hydrogen-bond donors (Lipinski definition) is 2. The van der Waals surface area contributed by atoms with Gasteiger partial charge in [0.2, 0.25) is 5.91 Å². The van der Waals surface area contributed by atoms with Crippen LogP contribution in [-0.4, -0.2) is 39.7 Å². The monoisotopic (exact) mass is 547 g/mol. The Balaban J connectivity index is 1.83. The molecule has 1 aromatic heterocycles. The SMILES string of the molecule is CCCCCN(CC(=O)Nc1cc(C(C)(C)C)nn1-c1ccc(Cl)c(Cl)c1)C(=O)Nc1ccccc1F. The molecule has 0 radical (unpaired) electrons. The quantitative estimate of drug-likeness (QED) is 0.276. The van der Waals surface area contributed by atoms with Crippen LogP contribution in [0.5, 0.6) is 0 Å². The van der Waals surface area contributed by atoms with Crippen LogP contribution in [0.4, 0.5) is 20.7 Å². The fraction of sp³-hybridized carbons (Fsp3) is 0.370. The van der Waals surface area contributed by atoms with Gasteiger partial charge in [0, 0.05) is 18.0 Å². The van der Waals surface area contributed by atoms with Crippen LogP contribution in [0, 0.1) is 5.82 Å². The Morgan fingerprint density at radius 1 is 1.03 bits per heavy atom. The lowest BCUT2D eigenvalue weighted by molar-refractivity contribution is -0.116. The van der Waals surface area contributed by atoms with Crippen molar-refractivity contribution in [1.29, 1.82) is 0 Å². The molecule has 0 atom stereocenters. The molecule has 7 nitrogen and oxygen atoms in total. The Bertz CT molecular complexity index is 1260. The molecule has 3 rings (SSSR count). The third kappa shape index (κ3) is 7.69. The molecule has 3 aromatic rings. The molecule has 0 saturated carbocycles. The fourth-order valence-electron chi connectivity index (χ4n) is 3.57. The summed E-state index contributed by atoms with van der Waals surface area (Å²) in [6.07, 6.45) is 2.56. The number of halogens is 3. The van der Waals surface area contributed by atoms with Crippen molar-refractivity contribution in [2.24, 2.45) is 0 Å². The number of unbranched alkanes of at least 4 members (excludes halogenated alkanes) is 2. The maximum atomic E-state index is 14.1. The number of benzene rings is 2. The molecule has 0 aliphatic heterocycles. The molecule has 2 aromatic carbocycles. The molecular formula is C27H32Cl2FN5O2. The molecule has 0 aliphatic carbocycles. The van der Waals surface area contributed by atoms with E-state index in [4.69, 9.17) is 23.2 Å². The second-order valence-corrected chi connectivity index (χ2v) is 10.6. The minimum atomic E-state index is -0.551. The number of carbonyl (C=O) groups is 2. The van der Waals surface area contributed by atoms with Crippen LogP contribution >= 0.6 is 23.2 Å². The molecule has 10 heteroatoms. The van der Waals surface area contributed by atoms with Gasteiger partial charge in [0.1, 0.15) is 18.2 Å². The van der Waals surface area contributed by atoms with Crippen molar-refractivity contribution < 1.29 is 14.0 Å². The molecule has 37 heavy (non-hydrogen) atoms. The van der Waals surface area contributed by atoms with Gasteiger partial charge in [0.25, 0.3) is 0 Å².